The van der Waals surface area contributed by atoms with Gasteiger partial charge in [0.2, 0.25) is 0 Å². The Balaban J connectivity index is 2.05. The highest BCUT2D eigenvalue weighted by atomic mass is 16.7. The van der Waals surface area contributed by atoms with Gasteiger partial charge in [-0.15, -0.1) is 0 Å². The summed E-state index contributed by atoms with van der Waals surface area (Å²) in [5.74, 6) is 0.945. The summed E-state index contributed by atoms with van der Waals surface area (Å²) < 4.78 is 16.0. The van der Waals surface area contributed by atoms with Gasteiger partial charge in [0.25, 0.3) is 0 Å². The number of fused-ring (bicyclic) bond motifs is 1. The lowest BCUT2D eigenvalue weighted by Gasteiger charge is -2.25. The van der Waals surface area contributed by atoms with Crippen LogP contribution in [0.5, 0.6) is 11.5 Å². The summed E-state index contributed by atoms with van der Waals surface area (Å²) in [5.41, 5.74) is 1.05. The van der Waals surface area contributed by atoms with Gasteiger partial charge in [0, 0.05) is 25.8 Å². The molecule has 0 spiro atoms. The van der Waals surface area contributed by atoms with Crippen LogP contribution in [0.1, 0.15) is 18.5 Å². The van der Waals surface area contributed by atoms with Crippen molar-refractivity contribution in [3.8, 4) is 11.5 Å². The van der Waals surface area contributed by atoms with Crippen LogP contribution >= 0.6 is 0 Å². The number of benzene rings is 1. The minimum atomic E-state index is -0.300. The van der Waals surface area contributed by atoms with E-state index in [1.807, 2.05) is 13.0 Å². The molecule has 1 aliphatic heterocycles. The summed E-state index contributed by atoms with van der Waals surface area (Å²) in [7, 11) is 3.23. The van der Waals surface area contributed by atoms with Crippen LogP contribution in [0.25, 0.3) is 0 Å². The highest BCUT2D eigenvalue weighted by molar-refractivity contribution is 5.44. The Labute approximate surface area is 107 Å². The highest BCUT2D eigenvalue weighted by Crippen LogP contribution is 2.35. The lowest BCUT2D eigenvalue weighted by atomic mass is 10.1. The Kier molecular flexibility index (Phi) is 4.06. The van der Waals surface area contributed by atoms with Crippen molar-refractivity contribution in [3.63, 3.8) is 0 Å². The molecule has 100 valence electrons. The van der Waals surface area contributed by atoms with E-state index in [2.05, 4.69) is 5.32 Å². The number of rotatable bonds is 5. The molecule has 0 saturated carbocycles. The molecule has 1 aliphatic rings. The molecule has 0 bridgehead atoms. The zero-order valence-corrected chi connectivity index (χ0v) is 10.8. The van der Waals surface area contributed by atoms with Gasteiger partial charge in [-0.05, 0) is 19.1 Å². The Morgan fingerprint density at radius 2 is 2.11 bits per heavy atom. The first-order chi connectivity index (χ1) is 8.65. The van der Waals surface area contributed by atoms with Crippen LogP contribution in [0.15, 0.2) is 18.2 Å². The SMILES string of the molecule is COC(OC)C(C)NC1COc2cc(O)ccc21. The van der Waals surface area contributed by atoms with Gasteiger partial charge >= 0.3 is 0 Å². The highest BCUT2D eigenvalue weighted by Gasteiger charge is 2.28. The zero-order valence-electron chi connectivity index (χ0n) is 10.8. The van der Waals surface area contributed by atoms with Crippen LogP contribution in [0.2, 0.25) is 0 Å². The number of nitrogens with one attached hydrogen (secondary N) is 1. The number of phenols is 1. The molecule has 5 nitrogen and oxygen atoms in total. The van der Waals surface area contributed by atoms with Crippen molar-refractivity contribution in [1.82, 2.24) is 5.32 Å². The third-order valence-corrected chi connectivity index (χ3v) is 3.12. The fourth-order valence-electron chi connectivity index (χ4n) is 2.24. The minimum absolute atomic E-state index is 0.0355. The molecule has 2 rings (SSSR count). The summed E-state index contributed by atoms with van der Waals surface area (Å²) in [5, 5.41) is 12.8. The molecule has 2 N–H and O–H groups in total. The van der Waals surface area contributed by atoms with E-state index in [1.54, 1.807) is 26.4 Å². The largest absolute Gasteiger partial charge is 0.508 e. The second kappa shape index (κ2) is 5.56. The monoisotopic (exact) mass is 253 g/mol. The number of hydrogen-bond acceptors (Lipinski definition) is 5. The van der Waals surface area contributed by atoms with Gasteiger partial charge in [0.15, 0.2) is 6.29 Å². The van der Waals surface area contributed by atoms with Gasteiger partial charge in [-0.25, -0.2) is 0 Å². The third kappa shape index (κ3) is 2.58. The molecule has 5 heteroatoms. The standard InChI is InChI=1S/C13H19NO4/c1-8(13(16-2)17-3)14-11-7-18-12-6-9(15)4-5-10(11)12/h4-6,8,11,13-15H,7H2,1-3H3. The van der Waals surface area contributed by atoms with Crippen molar-refractivity contribution in [2.45, 2.75) is 25.3 Å². The number of methoxy groups -OCH3 is 2. The maximum atomic E-state index is 9.39. The average molecular weight is 253 g/mol. The zero-order chi connectivity index (χ0) is 13.1. The Morgan fingerprint density at radius 1 is 1.39 bits per heavy atom. The van der Waals surface area contributed by atoms with Gasteiger partial charge in [-0.3, -0.25) is 5.32 Å². The maximum absolute atomic E-state index is 9.39. The lowest BCUT2D eigenvalue weighted by molar-refractivity contribution is -0.121. The van der Waals surface area contributed by atoms with E-state index >= 15 is 0 Å². The second-order valence-corrected chi connectivity index (χ2v) is 4.38. The number of hydrogen-bond donors (Lipinski definition) is 2. The molecule has 2 unspecified atom stereocenters. The van der Waals surface area contributed by atoms with Gasteiger partial charge < -0.3 is 19.3 Å². The first-order valence-electron chi connectivity index (χ1n) is 5.93. The van der Waals surface area contributed by atoms with Gasteiger partial charge in [0.05, 0.1) is 12.1 Å². The van der Waals surface area contributed by atoms with Crippen molar-refractivity contribution in [1.29, 1.82) is 0 Å². The molecule has 1 heterocycles. The summed E-state index contributed by atoms with van der Waals surface area (Å²) >= 11 is 0. The maximum Gasteiger partial charge on any atom is 0.171 e. The van der Waals surface area contributed by atoms with Crippen molar-refractivity contribution in [2.24, 2.45) is 0 Å². The van der Waals surface area contributed by atoms with E-state index in [4.69, 9.17) is 14.2 Å². The fourth-order valence-corrected chi connectivity index (χ4v) is 2.24. The number of ether oxygens (including phenoxy) is 3. The first-order valence-corrected chi connectivity index (χ1v) is 5.93. The molecule has 2 atom stereocenters. The van der Waals surface area contributed by atoms with E-state index in [-0.39, 0.29) is 24.1 Å². The Morgan fingerprint density at radius 3 is 2.78 bits per heavy atom. The molecule has 0 fully saturated rings. The average Bonchev–Trinajstić information content (AvgIpc) is 2.73. The predicted molar refractivity (Wildman–Crippen MR) is 66.7 cm³/mol. The molecule has 18 heavy (non-hydrogen) atoms. The molecule has 1 aromatic rings. The van der Waals surface area contributed by atoms with E-state index in [9.17, 15) is 5.11 Å². The van der Waals surface area contributed by atoms with E-state index in [0.29, 0.717) is 6.61 Å². The van der Waals surface area contributed by atoms with Crippen LogP contribution in [0.4, 0.5) is 0 Å². The molecular weight excluding hydrogens is 234 g/mol. The number of phenolic OH excluding ortho intramolecular Hbond substituents is 1. The molecule has 0 amide bonds. The molecule has 0 saturated heterocycles. The predicted octanol–water partition coefficient (Wildman–Crippen LogP) is 1.42. The van der Waals surface area contributed by atoms with Crippen LogP contribution < -0.4 is 10.1 Å². The summed E-state index contributed by atoms with van der Waals surface area (Å²) in [6.45, 7) is 2.54. The molecular formula is C13H19NO4. The summed E-state index contributed by atoms with van der Waals surface area (Å²) in [6.07, 6.45) is -0.300. The summed E-state index contributed by atoms with van der Waals surface area (Å²) in [6, 6.07) is 5.29. The molecule has 1 aromatic carbocycles. The second-order valence-electron chi connectivity index (χ2n) is 4.38. The molecule has 0 aromatic heterocycles. The van der Waals surface area contributed by atoms with Crippen LogP contribution in [-0.2, 0) is 9.47 Å². The lowest BCUT2D eigenvalue weighted by Crippen LogP contribution is -2.42. The van der Waals surface area contributed by atoms with Crippen LogP contribution in [0, 0.1) is 0 Å². The van der Waals surface area contributed by atoms with Gasteiger partial charge in [0.1, 0.15) is 18.1 Å². The van der Waals surface area contributed by atoms with Crippen LogP contribution in [0.3, 0.4) is 0 Å². The first kappa shape index (κ1) is 13.1. The number of aromatic hydroxyl groups is 1. The van der Waals surface area contributed by atoms with Crippen molar-refractivity contribution in [3.05, 3.63) is 23.8 Å². The normalized spacial score (nSPS) is 19.7. The molecule has 0 radical (unpaired) electrons. The Bertz CT molecular complexity index is 406. The molecule has 0 aliphatic carbocycles. The van der Waals surface area contributed by atoms with E-state index in [0.717, 1.165) is 11.3 Å². The smallest absolute Gasteiger partial charge is 0.171 e. The third-order valence-electron chi connectivity index (χ3n) is 3.12. The minimum Gasteiger partial charge on any atom is -0.508 e. The van der Waals surface area contributed by atoms with Crippen molar-refractivity contribution >= 4 is 0 Å². The van der Waals surface area contributed by atoms with Crippen molar-refractivity contribution < 1.29 is 19.3 Å². The van der Waals surface area contributed by atoms with Crippen molar-refractivity contribution in [2.75, 3.05) is 20.8 Å². The quantitative estimate of drug-likeness (QED) is 0.777. The van der Waals surface area contributed by atoms with Crippen LogP contribution in [-0.4, -0.2) is 38.3 Å². The topological polar surface area (TPSA) is 60.0 Å². The van der Waals surface area contributed by atoms with E-state index in [1.165, 1.54) is 0 Å². The van der Waals surface area contributed by atoms with E-state index < -0.39 is 0 Å². The van der Waals surface area contributed by atoms with Gasteiger partial charge in [-0.2, -0.15) is 0 Å². The Hall–Kier alpha value is -1.30. The van der Waals surface area contributed by atoms with Gasteiger partial charge in [-0.1, -0.05) is 0 Å². The summed E-state index contributed by atoms with van der Waals surface area (Å²) in [4.78, 5) is 0. The fraction of sp³-hybridized carbons (Fsp3) is 0.538.